The third kappa shape index (κ3) is 1.81. The van der Waals surface area contributed by atoms with Crippen LogP contribution < -0.4 is 0 Å². The number of pyridine rings is 1. The summed E-state index contributed by atoms with van der Waals surface area (Å²) in [5.74, 6) is 0. The number of rotatable bonds is 3. The van der Waals surface area contributed by atoms with Crippen LogP contribution in [0.25, 0.3) is 0 Å². The molecule has 0 spiro atoms. The minimum Gasteiger partial charge on any atom is -0.293 e. The first-order chi connectivity index (χ1) is 7.92. The van der Waals surface area contributed by atoms with Gasteiger partial charge >= 0.3 is 0 Å². The van der Waals surface area contributed by atoms with E-state index in [2.05, 4.69) is 26.3 Å². The first-order valence-electron chi connectivity index (χ1n) is 5.40. The lowest BCUT2D eigenvalue weighted by atomic mass is 10.1. The summed E-state index contributed by atoms with van der Waals surface area (Å²) in [6, 6.07) is 6.50. The molecular weight excluding hydrogens is 202 g/mol. The first kappa shape index (κ1) is 9.47. The van der Waals surface area contributed by atoms with Crippen molar-refractivity contribution in [3.05, 3.63) is 42.5 Å². The van der Waals surface area contributed by atoms with Crippen LogP contribution in [-0.2, 0) is 6.54 Å². The molecule has 0 saturated carbocycles. The van der Waals surface area contributed by atoms with Gasteiger partial charge in [0.25, 0.3) is 0 Å². The van der Waals surface area contributed by atoms with Crippen molar-refractivity contribution in [2.75, 3.05) is 13.1 Å². The number of hydrogen-bond donors (Lipinski definition) is 0. The van der Waals surface area contributed by atoms with Gasteiger partial charge in [-0.2, -0.15) is 0 Å². The minimum atomic E-state index is 0.478. The van der Waals surface area contributed by atoms with Crippen LogP contribution >= 0.6 is 0 Å². The molecule has 1 saturated heterocycles. The molecule has 5 nitrogen and oxygen atoms in total. The lowest BCUT2D eigenvalue weighted by Crippen LogP contribution is -2.47. The highest BCUT2D eigenvalue weighted by Crippen LogP contribution is 2.21. The fourth-order valence-corrected chi connectivity index (χ4v) is 1.97. The third-order valence-corrected chi connectivity index (χ3v) is 2.86. The number of hydrogen-bond acceptors (Lipinski definition) is 4. The molecule has 0 aromatic carbocycles. The molecule has 2 aromatic rings. The zero-order valence-corrected chi connectivity index (χ0v) is 8.90. The summed E-state index contributed by atoms with van der Waals surface area (Å²) in [6.45, 7) is 2.98. The maximum absolute atomic E-state index is 4.31. The van der Waals surface area contributed by atoms with Crippen LogP contribution in [0.4, 0.5) is 0 Å². The minimum absolute atomic E-state index is 0.478. The van der Waals surface area contributed by atoms with Crippen molar-refractivity contribution in [2.45, 2.75) is 12.6 Å². The first-order valence-corrected chi connectivity index (χ1v) is 5.40. The van der Waals surface area contributed by atoms with Gasteiger partial charge in [-0.05, 0) is 12.1 Å². The van der Waals surface area contributed by atoms with Gasteiger partial charge in [-0.1, -0.05) is 11.3 Å². The van der Waals surface area contributed by atoms with Crippen molar-refractivity contribution in [3.8, 4) is 0 Å². The molecule has 0 aliphatic carbocycles. The van der Waals surface area contributed by atoms with E-state index in [1.165, 1.54) is 0 Å². The van der Waals surface area contributed by atoms with Crippen molar-refractivity contribution in [3.63, 3.8) is 0 Å². The van der Waals surface area contributed by atoms with Gasteiger partial charge in [-0.15, -0.1) is 5.10 Å². The molecule has 1 aliphatic rings. The van der Waals surface area contributed by atoms with Crippen LogP contribution in [0.15, 0.2) is 36.8 Å². The highest BCUT2D eigenvalue weighted by atomic mass is 15.5. The van der Waals surface area contributed by atoms with E-state index in [-0.39, 0.29) is 0 Å². The molecule has 1 aliphatic heterocycles. The molecule has 3 rings (SSSR count). The van der Waals surface area contributed by atoms with E-state index < -0.39 is 0 Å². The van der Waals surface area contributed by atoms with Crippen LogP contribution in [-0.4, -0.2) is 38.0 Å². The molecule has 0 atom stereocenters. The fraction of sp³-hybridized carbons (Fsp3) is 0.364. The molecule has 2 aromatic heterocycles. The van der Waals surface area contributed by atoms with Gasteiger partial charge in [0.05, 0.1) is 17.9 Å². The van der Waals surface area contributed by atoms with Crippen LogP contribution in [0.3, 0.4) is 0 Å². The van der Waals surface area contributed by atoms with Gasteiger partial charge < -0.3 is 0 Å². The highest BCUT2D eigenvalue weighted by molar-refractivity contribution is 5.04. The van der Waals surface area contributed by atoms with Crippen molar-refractivity contribution in [1.82, 2.24) is 24.9 Å². The van der Waals surface area contributed by atoms with Crippen molar-refractivity contribution >= 4 is 0 Å². The predicted octanol–water partition coefficient (Wildman–Crippen LogP) is 0.730. The monoisotopic (exact) mass is 215 g/mol. The lowest BCUT2D eigenvalue weighted by Gasteiger charge is -2.38. The Morgan fingerprint density at radius 3 is 2.88 bits per heavy atom. The van der Waals surface area contributed by atoms with E-state index >= 15 is 0 Å². The standard InChI is InChI=1S/C11H13N5/c1-2-4-12-10(3-1)7-15-8-11(9-15)16-6-5-13-14-16/h1-6,11H,7-9H2. The molecular formula is C11H13N5. The average molecular weight is 215 g/mol. The summed E-state index contributed by atoms with van der Waals surface area (Å²) < 4.78 is 1.93. The van der Waals surface area contributed by atoms with E-state index in [1.807, 2.05) is 29.2 Å². The Morgan fingerprint density at radius 1 is 1.25 bits per heavy atom. The van der Waals surface area contributed by atoms with Gasteiger partial charge in [0.15, 0.2) is 0 Å². The second-order valence-corrected chi connectivity index (χ2v) is 4.05. The molecule has 3 heterocycles. The summed E-state index contributed by atoms with van der Waals surface area (Å²) >= 11 is 0. The third-order valence-electron chi connectivity index (χ3n) is 2.86. The van der Waals surface area contributed by atoms with Crippen LogP contribution in [0.2, 0.25) is 0 Å². The smallest absolute Gasteiger partial charge is 0.0790 e. The molecule has 0 amide bonds. The topological polar surface area (TPSA) is 46.8 Å². The van der Waals surface area contributed by atoms with Gasteiger partial charge in [-0.25, -0.2) is 4.68 Å². The van der Waals surface area contributed by atoms with Gasteiger partial charge in [0.2, 0.25) is 0 Å². The largest absolute Gasteiger partial charge is 0.293 e. The molecule has 0 radical (unpaired) electrons. The maximum Gasteiger partial charge on any atom is 0.0790 e. The summed E-state index contributed by atoms with van der Waals surface area (Å²) in [7, 11) is 0. The van der Waals surface area contributed by atoms with Gasteiger partial charge in [0.1, 0.15) is 0 Å². The second-order valence-electron chi connectivity index (χ2n) is 4.05. The Morgan fingerprint density at radius 2 is 2.19 bits per heavy atom. The Hall–Kier alpha value is -1.75. The van der Waals surface area contributed by atoms with Crippen molar-refractivity contribution < 1.29 is 0 Å². The summed E-state index contributed by atoms with van der Waals surface area (Å²) in [5.41, 5.74) is 1.12. The van der Waals surface area contributed by atoms with Crippen LogP contribution in [0.5, 0.6) is 0 Å². The summed E-state index contributed by atoms with van der Waals surface area (Å²) in [6.07, 6.45) is 5.48. The van der Waals surface area contributed by atoms with Crippen molar-refractivity contribution in [1.29, 1.82) is 0 Å². The summed E-state index contributed by atoms with van der Waals surface area (Å²) in [5, 5.41) is 7.82. The SMILES string of the molecule is c1ccc(CN2CC(n3ccnn3)C2)nc1. The van der Waals surface area contributed by atoms with E-state index in [1.54, 1.807) is 6.20 Å². The molecule has 0 bridgehead atoms. The van der Waals surface area contributed by atoms with Gasteiger partial charge in [0, 0.05) is 32.0 Å². The number of likely N-dealkylation sites (tertiary alicyclic amines) is 1. The normalized spacial score (nSPS) is 17.2. The lowest BCUT2D eigenvalue weighted by molar-refractivity contribution is 0.0883. The van der Waals surface area contributed by atoms with E-state index in [0.29, 0.717) is 6.04 Å². The van der Waals surface area contributed by atoms with Crippen LogP contribution in [0.1, 0.15) is 11.7 Å². The second kappa shape index (κ2) is 4.02. The van der Waals surface area contributed by atoms with E-state index in [4.69, 9.17) is 0 Å². The number of aromatic nitrogens is 4. The highest BCUT2D eigenvalue weighted by Gasteiger charge is 2.28. The van der Waals surface area contributed by atoms with Gasteiger partial charge in [-0.3, -0.25) is 9.88 Å². The van der Waals surface area contributed by atoms with Crippen molar-refractivity contribution in [2.24, 2.45) is 0 Å². The molecule has 1 fully saturated rings. The van der Waals surface area contributed by atoms with E-state index in [0.717, 1.165) is 25.3 Å². The molecule has 82 valence electrons. The Labute approximate surface area is 93.7 Å². The predicted molar refractivity (Wildman–Crippen MR) is 58.6 cm³/mol. The zero-order chi connectivity index (χ0) is 10.8. The number of nitrogens with zero attached hydrogens (tertiary/aromatic N) is 5. The molecule has 5 heteroatoms. The zero-order valence-electron chi connectivity index (χ0n) is 8.90. The molecule has 0 unspecified atom stereocenters. The maximum atomic E-state index is 4.31. The Bertz CT molecular complexity index is 433. The molecule has 16 heavy (non-hydrogen) atoms. The van der Waals surface area contributed by atoms with Crippen LogP contribution in [0, 0.1) is 0 Å². The average Bonchev–Trinajstić information content (AvgIpc) is 2.77. The Balaban J connectivity index is 1.55. The molecule has 0 N–H and O–H groups in total. The quantitative estimate of drug-likeness (QED) is 0.757. The fourth-order valence-electron chi connectivity index (χ4n) is 1.97. The van der Waals surface area contributed by atoms with E-state index in [9.17, 15) is 0 Å². The summed E-state index contributed by atoms with van der Waals surface area (Å²) in [4.78, 5) is 6.67. The Kier molecular flexibility index (Phi) is 2.38.